The van der Waals surface area contributed by atoms with Crippen molar-refractivity contribution in [3.05, 3.63) is 0 Å². The molecule has 1 amide bonds. The molecule has 0 aromatic rings. The minimum atomic E-state index is -0.669. The number of hydrogen-bond donors (Lipinski definition) is 3. The quantitative estimate of drug-likeness (QED) is 0.749. The lowest BCUT2D eigenvalue weighted by Crippen LogP contribution is -2.57. The molecule has 128 valence electrons. The maximum Gasteiger partial charge on any atom is 0.408 e. The van der Waals surface area contributed by atoms with E-state index in [2.05, 4.69) is 10.6 Å². The number of amides is 1. The van der Waals surface area contributed by atoms with E-state index >= 15 is 0 Å². The van der Waals surface area contributed by atoms with Crippen molar-refractivity contribution in [3.8, 4) is 0 Å². The first-order chi connectivity index (χ1) is 10.2. The molecular formula is C17H32N2O3. The molecule has 0 atom stereocenters. The van der Waals surface area contributed by atoms with Gasteiger partial charge >= 0.3 is 6.09 Å². The average molecular weight is 312 g/mol. The Kier molecular flexibility index (Phi) is 5.38. The van der Waals surface area contributed by atoms with Crippen LogP contribution in [0.25, 0.3) is 0 Å². The van der Waals surface area contributed by atoms with Crippen molar-refractivity contribution in [2.45, 2.75) is 88.9 Å². The number of piperidine rings is 1. The van der Waals surface area contributed by atoms with Gasteiger partial charge in [-0.2, -0.15) is 0 Å². The Bertz CT molecular complexity index is 378. The van der Waals surface area contributed by atoms with Gasteiger partial charge in [-0.1, -0.05) is 19.3 Å². The number of aliphatic hydroxyl groups is 1. The zero-order valence-electron chi connectivity index (χ0n) is 14.3. The number of rotatable bonds is 3. The van der Waals surface area contributed by atoms with Gasteiger partial charge in [0.25, 0.3) is 0 Å². The molecule has 5 heteroatoms. The molecule has 2 aliphatic rings. The molecule has 0 spiro atoms. The number of carbonyl (C=O) groups is 1. The molecule has 1 saturated heterocycles. The zero-order chi connectivity index (χ0) is 16.3. The Hall–Kier alpha value is -0.810. The predicted molar refractivity (Wildman–Crippen MR) is 86.9 cm³/mol. The lowest BCUT2D eigenvalue weighted by atomic mass is 9.72. The Morgan fingerprint density at radius 1 is 1.14 bits per heavy atom. The molecular weight excluding hydrogens is 280 g/mol. The van der Waals surface area contributed by atoms with Crippen molar-refractivity contribution in [1.82, 2.24) is 10.6 Å². The fourth-order valence-corrected chi connectivity index (χ4v) is 3.79. The second-order valence-corrected chi connectivity index (χ2v) is 8.12. The standard InChI is InChI=1S/C17H32N2O3/c1-15(2,3)22-14(20)19-16(7-5-4-6-8-16)13-17(21)9-11-18-12-10-17/h18,21H,4-13H2,1-3H3,(H,19,20). The number of ether oxygens (including phenoxy) is 1. The van der Waals surface area contributed by atoms with Gasteiger partial charge in [0, 0.05) is 5.54 Å². The van der Waals surface area contributed by atoms with Gasteiger partial charge in [-0.05, 0) is 66.0 Å². The molecule has 5 nitrogen and oxygen atoms in total. The maximum absolute atomic E-state index is 12.3. The molecule has 0 aromatic carbocycles. The Labute approximate surface area is 134 Å². The van der Waals surface area contributed by atoms with Gasteiger partial charge in [0.2, 0.25) is 0 Å². The van der Waals surface area contributed by atoms with Crippen molar-refractivity contribution in [1.29, 1.82) is 0 Å². The van der Waals surface area contributed by atoms with Gasteiger partial charge in [-0.3, -0.25) is 0 Å². The van der Waals surface area contributed by atoms with Crippen LogP contribution in [0.4, 0.5) is 4.79 Å². The first-order valence-corrected chi connectivity index (χ1v) is 8.66. The van der Waals surface area contributed by atoms with E-state index < -0.39 is 11.2 Å². The van der Waals surface area contributed by atoms with Crippen LogP contribution in [-0.2, 0) is 4.74 Å². The van der Waals surface area contributed by atoms with Crippen LogP contribution in [-0.4, -0.2) is 41.0 Å². The molecule has 1 aliphatic heterocycles. The lowest BCUT2D eigenvalue weighted by molar-refractivity contribution is -0.0319. The van der Waals surface area contributed by atoms with Crippen LogP contribution in [0.3, 0.4) is 0 Å². The van der Waals surface area contributed by atoms with E-state index in [0.29, 0.717) is 6.42 Å². The van der Waals surface area contributed by atoms with Crippen LogP contribution in [0.1, 0.15) is 72.1 Å². The first kappa shape index (κ1) is 17.5. The van der Waals surface area contributed by atoms with Crippen molar-refractivity contribution in [2.75, 3.05) is 13.1 Å². The van der Waals surface area contributed by atoms with Crippen LogP contribution >= 0.6 is 0 Å². The summed E-state index contributed by atoms with van der Waals surface area (Å²) in [6.07, 6.45) is 7.07. The molecule has 1 heterocycles. The summed E-state index contributed by atoms with van der Waals surface area (Å²) in [5, 5.41) is 17.3. The number of alkyl carbamates (subject to hydrolysis) is 1. The molecule has 2 rings (SSSR count). The summed E-state index contributed by atoms with van der Waals surface area (Å²) in [7, 11) is 0. The van der Waals surface area contributed by atoms with E-state index in [1.165, 1.54) is 6.42 Å². The third-order valence-electron chi connectivity index (χ3n) is 4.78. The number of hydrogen-bond acceptors (Lipinski definition) is 4. The van der Waals surface area contributed by atoms with E-state index in [9.17, 15) is 9.90 Å². The Morgan fingerprint density at radius 2 is 1.73 bits per heavy atom. The first-order valence-electron chi connectivity index (χ1n) is 8.66. The monoisotopic (exact) mass is 312 g/mol. The SMILES string of the molecule is CC(C)(C)OC(=O)NC1(CC2(O)CCNCC2)CCCCC1. The second kappa shape index (κ2) is 6.75. The topological polar surface area (TPSA) is 70.6 Å². The molecule has 2 fully saturated rings. The van der Waals surface area contributed by atoms with Crippen LogP contribution in [0.5, 0.6) is 0 Å². The van der Waals surface area contributed by atoms with E-state index in [1.54, 1.807) is 0 Å². The molecule has 1 aliphatic carbocycles. The van der Waals surface area contributed by atoms with Crippen LogP contribution in [0.2, 0.25) is 0 Å². The van der Waals surface area contributed by atoms with Crippen LogP contribution < -0.4 is 10.6 Å². The molecule has 0 radical (unpaired) electrons. The largest absolute Gasteiger partial charge is 0.444 e. The fourth-order valence-electron chi connectivity index (χ4n) is 3.79. The molecule has 1 saturated carbocycles. The highest BCUT2D eigenvalue weighted by molar-refractivity contribution is 5.68. The van der Waals surface area contributed by atoms with Crippen molar-refractivity contribution >= 4 is 6.09 Å². The Morgan fingerprint density at radius 3 is 2.27 bits per heavy atom. The highest BCUT2D eigenvalue weighted by Gasteiger charge is 2.43. The molecule has 22 heavy (non-hydrogen) atoms. The number of carbonyl (C=O) groups excluding carboxylic acids is 1. The summed E-state index contributed by atoms with van der Waals surface area (Å²) in [6.45, 7) is 7.32. The average Bonchev–Trinajstić information content (AvgIpc) is 2.37. The van der Waals surface area contributed by atoms with Gasteiger partial charge in [0.1, 0.15) is 5.60 Å². The van der Waals surface area contributed by atoms with Crippen molar-refractivity contribution in [2.24, 2.45) is 0 Å². The van der Waals surface area contributed by atoms with Gasteiger partial charge in [0.05, 0.1) is 5.60 Å². The highest BCUT2D eigenvalue weighted by Crippen LogP contribution is 2.38. The van der Waals surface area contributed by atoms with Gasteiger partial charge < -0.3 is 20.5 Å². The third kappa shape index (κ3) is 5.13. The molecule has 0 aromatic heterocycles. The highest BCUT2D eigenvalue weighted by atomic mass is 16.6. The Balaban J connectivity index is 2.05. The summed E-state index contributed by atoms with van der Waals surface area (Å²) in [5.74, 6) is 0. The minimum absolute atomic E-state index is 0.313. The van der Waals surface area contributed by atoms with Crippen molar-refractivity contribution < 1.29 is 14.6 Å². The van der Waals surface area contributed by atoms with Gasteiger partial charge in [-0.25, -0.2) is 4.79 Å². The fraction of sp³-hybridized carbons (Fsp3) is 0.941. The second-order valence-electron chi connectivity index (χ2n) is 8.12. The molecule has 0 bridgehead atoms. The summed E-state index contributed by atoms with van der Waals surface area (Å²) in [4.78, 5) is 12.3. The maximum atomic E-state index is 12.3. The lowest BCUT2D eigenvalue weighted by Gasteiger charge is -2.45. The predicted octanol–water partition coefficient (Wildman–Crippen LogP) is 2.72. The third-order valence-corrected chi connectivity index (χ3v) is 4.78. The van der Waals surface area contributed by atoms with E-state index in [1.807, 2.05) is 20.8 Å². The van der Waals surface area contributed by atoms with E-state index in [4.69, 9.17) is 4.74 Å². The smallest absolute Gasteiger partial charge is 0.408 e. The normalized spacial score (nSPS) is 24.5. The molecule has 0 unspecified atom stereocenters. The van der Waals surface area contributed by atoms with Crippen molar-refractivity contribution in [3.63, 3.8) is 0 Å². The minimum Gasteiger partial charge on any atom is -0.444 e. The number of nitrogens with one attached hydrogen (secondary N) is 2. The zero-order valence-corrected chi connectivity index (χ0v) is 14.3. The summed E-state index contributed by atoms with van der Waals surface area (Å²) >= 11 is 0. The van der Waals surface area contributed by atoms with E-state index in [-0.39, 0.29) is 11.6 Å². The van der Waals surface area contributed by atoms with Gasteiger partial charge in [0.15, 0.2) is 0 Å². The summed E-state index contributed by atoms with van der Waals surface area (Å²) < 4.78 is 5.44. The summed E-state index contributed by atoms with van der Waals surface area (Å²) in [5.41, 5.74) is -1.48. The van der Waals surface area contributed by atoms with E-state index in [0.717, 1.165) is 51.6 Å². The molecule has 3 N–H and O–H groups in total. The van der Waals surface area contributed by atoms with Crippen LogP contribution in [0, 0.1) is 0 Å². The van der Waals surface area contributed by atoms with Gasteiger partial charge in [-0.15, -0.1) is 0 Å². The van der Waals surface area contributed by atoms with Crippen LogP contribution in [0.15, 0.2) is 0 Å². The summed E-state index contributed by atoms with van der Waals surface area (Å²) in [6, 6.07) is 0.